The van der Waals surface area contributed by atoms with Crippen molar-refractivity contribution < 1.29 is 0 Å². The first kappa shape index (κ1) is 14.5. The molecule has 0 spiro atoms. The van der Waals surface area contributed by atoms with Gasteiger partial charge < -0.3 is 5.32 Å². The van der Waals surface area contributed by atoms with Crippen molar-refractivity contribution in [2.75, 3.05) is 0 Å². The zero-order valence-electron chi connectivity index (χ0n) is 12.3. The summed E-state index contributed by atoms with van der Waals surface area (Å²) < 4.78 is 1.57. The van der Waals surface area contributed by atoms with Crippen LogP contribution in [0.4, 0.5) is 0 Å². The fraction of sp³-hybridized carbons (Fsp3) is 0.500. The summed E-state index contributed by atoms with van der Waals surface area (Å²) in [5, 5.41) is 10.0. The topological polar surface area (TPSA) is 46.9 Å². The Balaban J connectivity index is 1.87. The summed E-state index contributed by atoms with van der Waals surface area (Å²) in [5.74, 6) is 0. The first-order valence-corrected chi connectivity index (χ1v) is 8.54. The molecule has 1 saturated carbocycles. The monoisotopic (exact) mass is 303 g/mol. The van der Waals surface area contributed by atoms with Crippen LogP contribution in [0.2, 0.25) is 0 Å². The van der Waals surface area contributed by atoms with E-state index >= 15 is 0 Å². The Labute approximate surface area is 128 Å². The number of nitrogens with one attached hydrogen (secondary N) is 1. The van der Waals surface area contributed by atoms with Gasteiger partial charge in [-0.05, 0) is 37.3 Å². The van der Waals surface area contributed by atoms with Crippen molar-refractivity contribution >= 4 is 11.3 Å². The molecule has 5 heteroatoms. The number of aromatic nitrogens is 2. The summed E-state index contributed by atoms with van der Waals surface area (Å²) in [4.78, 5) is 13.5. The second kappa shape index (κ2) is 6.54. The average Bonchev–Trinajstić information content (AvgIpc) is 3.19. The summed E-state index contributed by atoms with van der Waals surface area (Å²) in [7, 11) is 0. The van der Waals surface area contributed by atoms with E-state index in [0.717, 1.165) is 16.1 Å². The van der Waals surface area contributed by atoms with E-state index in [0.29, 0.717) is 19.1 Å². The molecule has 4 nitrogen and oxygen atoms in total. The molecule has 0 aromatic carbocycles. The van der Waals surface area contributed by atoms with Crippen molar-refractivity contribution in [3.05, 3.63) is 39.5 Å². The van der Waals surface area contributed by atoms with Crippen molar-refractivity contribution in [1.29, 1.82) is 0 Å². The molecule has 3 rings (SSSR count). The lowest BCUT2D eigenvalue weighted by atomic mass is 10.2. The zero-order chi connectivity index (χ0) is 14.7. The van der Waals surface area contributed by atoms with Gasteiger partial charge in [-0.1, -0.05) is 18.9 Å². The van der Waals surface area contributed by atoms with Gasteiger partial charge in [0.25, 0.3) is 5.56 Å². The maximum absolute atomic E-state index is 12.4. The Kier molecular flexibility index (Phi) is 4.51. The summed E-state index contributed by atoms with van der Waals surface area (Å²) >= 11 is 1.65. The number of hydrogen-bond acceptors (Lipinski definition) is 4. The maximum Gasteiger partial charge on any atom is 0.271 e. The third kappa shape index (κ3) is 3.24. The van der Waals surface area contributed by atoms with E-state index in [9.17, 15) is 4.79 Å². The van der Waals surface area contributed by atoms with Gasteiger partial charge in [0.05, 0.1) is 4.88 Å². The molecule has 0 bridgehead atoms. The Bertz CT molecular complexity index is 642. The largest absolute Gasteiger partial charge is 0.310 e. The van der Waals surface area contributed by atoms with Crippen LogP contribution >= 0.6 is 11.3 Å². The maximum atomic E-state index is 12.4. The van der Waals surface area contributed by atoms with Crippen LogP contribution in [-0.2, 0) is 13.1 Å². The van der Waals surface area contributed by atoms with Gasteiger partial charge in [0.2, 0.25) is 0 Å². The fourth-order valence-corrected chi connectivity index (χ4v) is 3.55. The predicted octanol–water partition coefficient (Wildman–Crippen LogP) is 3.02. The van der Waals surface area contributed by atoms with Gasteiger partial charge in [-0.2, -0.15) is 5.10 Å². The predicted molar refractivity (Wildman–Crippen MR) is 86.6 cm³/mol. The van der Waals surface area contributed by atoms with Gasteiger partial charge in [-0.15, -0.1) is 11.3 Å². The molecule has 0 atom stereocenters. The number of nitrogens with zero attached hydrogens (tertiary/aromatic N) is 2. The van der Waals surface area contributed by atoms with Crippen molar-refractivity contribution in [2.45, 2.75) is 51.7 Å². The van der Waals surface area contributed by atoms with Crippen LogP contribution < -0.4 is 10.9 Å². The number of hydrogen-bond donors (Lipinski definition) is 1. The lowest BCUT2D eigenvalue weighted by Gasteiger charge is -2.13. The standard InChI is InChI=1S/C16H21N3OS/c1-2-19-16(20)12(11-17-13-6-3-4-7-13)10-14(18-19)15-8-5-9-21-15/h5,8-10,13,17H,2-4,6-7,11H2,1H3. The number of aryl methyl sites for hydroxylation is 1. The molecule has 0 unspecified atom stereocenters. The highest BCUT2D eigenvalue weighted by atomic mass is 32.1. The van der Waals surface area contributed by atoms with E-state index in [1.807, 2.05) is 30.5 Å². The molecule has 0 aliphatic heterocycles. The van der Waals surface area contributed by atoms with Crippen molar-refractivity contribution in [3.63, 3.8) is 0 Å². The van der Waals surface area contributed by atoms with Crippen LogP contribution in [0.25, 0.3) is 10.6 Å². The van der Waals surface area contributed by atoms with Crippen LogP contribution in [0.15, 0.2) is 28.4 Å². The lowest BCUT2D eigenvalue weighted by molar-refractivity contribution is 0.515. The van der Waals surface area contributed by atoms with Gasteiger partial charge in [0.15, 0.2) is 0 Å². The third-order valence-electron chi connectivity index (χ3n) is 4.06. The smallest absolute Gasteiger partial charge is 0.271 e. The molecule has 2 aromatic heterocycles. The van der Waals surface area contributed by atoms with Crippen molar-refractivity contribution in [1.82, 2.24) is 15.1 Å². The van der Waals surface area contributed by atoms with Gasteiger partial charge in [0, 0.05) is 24.7 Å². The third-order valence-corrected chi connectivity index (χ3v) is 4.95. The normalized spacial score (nSPS) is 15.7. The van der Waals surface area contributed by atoms with E-state index in [4.69, 9.17) is 0 Å². The second-order valence-electron chi connectivity index (χ2n) is 5.52. The summed E-state index contributed by atoms with van der Waals surface area (Å²) in [5.41, 5.74) is 1.75. The lowest BCUT2D eigenvalue weighted by Crippen LogP contribution is -2.32. The average molecular weight is 303 g/mol. The molecule has 1 aliphatic carbocycles. The zero-order valence-corrected chi connectivity index (χ0v) is 13.2. The first-order chi connectivity index (χ1) is 10.3. The summed E-state index contributed by atoms with van der Waals surface area (Å²) in [6.45, 7) is 3.21. The van der Waals surface area contributed by atoms with Crippen LogP contribution in [0.1, 0.15) is 38.2 Å². The van der Waals surface area contributed by atoms with E-state index in [2.05, 4.69) is 10.4 Å². The van der Waals surface area contributed by atoms with E-state index in [1.165, 1.54) is 25.7 Å². The molecule has 2 aromatic rings. The van der Waals surface area contributed by atoms with Crippen LogP contribution in [0, 0.1) is 0 Å². The molecule has 112 valence electrons. The molecule has 0 saturated heterocycles. The summed E-state index contributed by atoms with van der Waals surface area (Å²) in [6, 6.07) is 6.57. The highest BCUT2D eigenvalue weighted by Crippen LogP contribution is 2.22. The molecule has 0 radical (unpaired) electrons. The SMILES string of the molecule is CCn1nc(-c2cccs2)cc(CNC2CCCC2)c1=O. The Hall–Kier alpha value is -1.46. The molecule has 1 aliphatic rings. The van der Waals surface area contributed by atoms with Crippen LogP contribution in [0.3, 0.4) is 0 Å². The second-order valence-corrected chi connectivity index (χ2v) is 6.46. The first-order valence-electron chi connectivity index (χ1n) is 7.66. The Morgan fingerprint density at radius 2 is 2.24 bits per heavy atom. The van der Waals surface area contributed by atoms with Gasteiger partial charge in [-0.25, -0.2) is 4.68 Å². The highest BCUT2D eigenvalue weighted by molar-refractivity contribution is 7.13. The van der Waals surface area contributed by atoms with E-state index in [1.54, 1.807) is 16.0 Å². The van der Waals surface area contributed by atoms with Crippen LogP contribution in [0.5, 0.6) is 0 Å². The quantitative estimate of drug-likeness (QED) is 0.923. The molecule has 0 amide bonds. The highest BCUT2D eigenvalue weighted by Gasteiger charge is 2.16. The minimum atomic E-state index is 0.0308. The molecule has 1 fully saturated rings. The van der Waals surface area contributed by atoms with Gasteiger partial charge in [-0.3, -0.25) is 4.79 Å². The minimum absolute atomic E-state index is 0.0308. The van der Waals surface area contributed by atoms with Crippen molar-refractivity contribution in [2.24, 2.45) is 0 Å². The van der Waals surface area contributed by atoms with E-state index in [-0.39, 0.29) is 5.56 Å². The summed E-state index contributed by atoms with van der Waals surface area (Å²) in [6.07, 6.45) is 5.05. The molecule has 2 heterocycles. The molecular formula is C16H21N3OS. The van der Waals surface area contributed by atoms with Gasteiger partial charge in [0.1, 0.15) is 5.69 Å². The molecule has 21 heavy (non-hydrogen) atoms. The van der Waals surface area contributed by atoms with Gasteiger partial charge >= 0.3 is 0 Å². The Morgan fingerprint density at radius 3 is 2.90 bits per heavy atom. The number of rotatable bonds is 5. The van der Waals surface area contributed by atoms with Crippen LogP contribution in [-0.4, -0.2) is 15.8 Å². The minimum Gasteiger partial charge on any atom is -0.310 e. The number of thiophene rings is 1. The van der Waals surface area contributed by atoms with Crippen molar-refractivity contribution in [3.8, 4) is 10.6 Å². The molecule has 1 N–H and O–H groups in total. The fourth-order valence-electron chi connectivity index (χ4n) is 2.87. The Morgan fingerprint density at radius 1 is 1.43 bits per heavy atom. The molecular weight excluding hydrogens is 282 g/mol. The van der Waals surface area contributed by atoms with E-state index < -0.39 is 0 Å².